The minimum Gasteiger partial charge on any atom is -0.370 e. The Morgan fingerprint density at radius 3 is 1.95 bits per heavy atom. The molecular weight excluding hydrogens is 522 g/mol. The number of benzene rings is 4. The predicted octanol–water partition coefficient (Wildman–Crippen LogP) is 4.81. The van der Waals surface area contributed by atoms with Gasteiger partial charge in [-0.15, -0.1) is 12.4 Å². The van der Waals surface area contributed by atoms with E-state index in [9.17, 15) is 9.59 Å². The van der Waals surface area contributed by atoms with Crippen molar-refractivity contribution in [1.29, 1.82) is 0 Å². The molecule has 0 fully saturated rings. The van der Waals surface area contributed by atoms with Gasteiger partial charge in [0, 0.05) is 6.54 Å². The Hall–Kier alpha value is -4.36. The maximum atomic E-state index is 13.8. The van der Waals surface area contributed by atoms with Gasteiger partial charge >= 0.3 is 0 Å². The van der Waals surface area contributed by atoms with Gasteiger partial charge in [0.2, 0.25) is 11.8 Å². The summed E-state index contributed by atoms with van der Waals surface area (Å²) >= 11 is 0. The summed E-state index contributed by atoms with van der Waals surface area (Å²) < 4.78 is 0. The largest absolute Gasteiger partial charge is 0.370 e. The average Bonchev–Trinajstić information content (AvgIpc) is 2.95. The lowest BCUT2D eigenvalue weighted by atomic mass is 9.90. The van der Waals surface area contributed by atoms with Crippen LogP contribution in [0.25, 0.3) is 10.8 Å². The van der Waals surface area contributed by atoms with Crippen molar-refractivity contribution in [2.24, 2.45) is 16.5 Å². The molecule has 208 valence electrons. The molecule has 0 aliphatic carbocycles. The summed E-state index contributed by atoms with van der Waals surface area (Å²) in [6.07, 6.45) is 0.910. The average molecular weight is 558 g/mol. The lowest BCUT2D eigenvalue weighted by Gasteiger charge is -2.25. The van der Waals surface area contributed by atoms with Crippen LogP contribution in [0.1, 0.15) is 48.4 Å². The number of nitrogens with zero attached hydrogens (tertiary/aromatic N) is 1. The third-order valence-electron chi connectivity index (χ3n) is 6.75. The van der Waals surface area contributed by atoms with E-state index < -0.39 is 12.0 Å². The van der Waals surface area contributed by atoms with Crippen LogP contribution in [-0.2, 0) is 9.59 Å². The minimum atomic E-state index is -0.765. The van der Waals surface area contributed by atoms with E-state index in [1.807, 2.05) is 110 Å². The predicted molar refractivity (Wildman–Crippen MR) is 164 cm³/mol. The highest BCUT2D eigenvalue weighted by molar-refractivity contribution is 5.93. The number of fused-ring (bicyclic) bond motifs is 1. The number of halogens is 1. The van der Waals surface area contributed by atoms with Crippen LogP contribution in [-0.4, -0.2) is 30.4 Å². The van der Waals surface area contributed by atoms with Crippen LogP contribution in [0.3, 0.4) is 0 Å². The molecule has 2 amide bonds. The molecule has 7 nitrogen and oxygen atoms in total. The summed E-state index contributed by atoms with van der Waals surface area (Å²) in [5.74, 6) is -1.06. The molecule has 0 spiro atoms. The summed E-state index contributed by atoms with van der Waals surface area (Å²) in [7, 11) is 0. The molecule has 0 saturated carbocycles. The molecule has 4 aromatic rings. The monoisotopic (exact) mass is 557 g/mol. The number of amides is 2. The van der Waals surface area contributed by atoms with Gasteiger partial charge < -0.3 is 22.1 Å². The molecule has 0 heterocycles. The smallest absolute Gasteiger partial charge is 0.243 e. The van der Waals surface area contributed by atoms with Crippen molar-refractivity contribution in [3.05, 3.63) is 120 Å². The fourth-order valence-corrected chi connectivity index (χ4v) is 4.83. The summed E-state index contributed by atoms with van der Waals surface area (Å²) in [5, 5.41) is 8.34. The van der Waals surface area contributed by atoms with Crippen LogP contribution < -0.4 is 22.1 Å². The van der Waals surface area contributed by atoms with Crippen LogP contribution in [0, 0.1) is 0 Å². The van der Waals surface area contributed by atoms with Gasteiger partial charge in [-0.1, -0.05) is 103 Å². The standard InChI is InChI=1S/C32H35N5O2.ClH/c1-22(26-19-10-17-23-12-8-9-18-27(23)26)36-30(38)28(20-11-21-35-32(33)34)37-31(39)29(24-13-4-2-5-14-24)25-15-6-3-7-16-25;/h2-10,12-19,22,28-29H,11,20-21H2,1H3,(H,36,38)(H,37,39)(H4,33,34,35);1H/t22-,28-;/m1./s1. The summed E-state index contributed by atoms with van der Waals surface area (Å²) in [5.41, 5.74) is 13.7. The fraction of sp³-hybridized carbons (Fsp3) is 0.219. The van der Waals surface area contributed by atoms with Gasteiger partial charge in [-0.05, 0) is 47.2 Å². The van der Waals surface area contributed by atoms with Crippen molar-refractivity contribution < 1.29 is 9.59 Å². The molecule has 0 aliphatic rings. The molecular formula is C32H36ClN5O2. The molecule has 8 heteroatoms. The highest BCUT2D eigenvalue weighted by Gasteiger charge is 2.28. The lowest BCUT2D eigenvalue weighted by Crippen LogP contribution is -2.48. The second kappa shape index (κ2) is 14.7. The normalized spacial score (nSPS) is 12.2. The Morgan fingerprint density at radius 1 is 0.750 bits per heavy atom. The summed E-state index contributed by atoms with van der Waals surface area (Å²) in [6.45, 7) is 2.32. The first-order valence-corrected chi connectivity index (χ1v) is 13.2. The molecule has 0 unspecified atom stereocenters. The van der Waals surface area contributed by atoms with E-state index in [4.69, 9.17) is 11.5 Å². The van der Waals surface area contributed by atoms with Gasteiger partial charge in [0.25, 0.3) is 0 Å². The number of rotatable bonds is 11. The Labute approximate surface area is 241 Å². The van der Waals surface area contributed by atoms with Crippen LogP contribution in [0.15, 0.2) is 108 Å². The van der Waals surface area contributed by atoms with E-state index in [1.54, 1.807) is 0 Å². The second-order valence-corrected chi connectivity index (χ2v) is 9.56. The molecule has 4 rings (SSSR count). The third-order valence-corrected chi connectivity index (χ3v) is 6.75. The second-order valence-electron chi connectivity index (χ2n) is 9.56. The molecule has 0 saturated heterocycles. The molecule has 0 radical (unpaired) electrons. The van der Waals surface area contributed by atoms with Crippen molar-refractivity contribution in [3.8, 4) is 0 Å². The molecule has 4 aromatic carbocycles. The van der Waals surface area contributed by atoms with E-state index in [-0.39, 0.29) is 36.2 Å². The van der Waals surface area contributed by atoms with Crippen molar-refractivity contribution in [2.75, 3.05) is 6.54 Å². The maximum absolute atomic E-state index is 13.8. The quantitative estimate of drug-likeness (QED) is 0.120. The van der Waals surface area contributed by atoms with Gasteiger partial charge in [-0.25, -0.2) is 0 Å². The van der Waals surface area contributed by atoms with Gasteiger partial charge in [-0.2, -0.15) is 0 Å². The van der Waals surface area contributed by atoms with Crippen LogP contribution >= 0.6 is 12.4 Å². The first kappa shape index (κ1) is 30.2. The highest BCUT2D eigenvalue weighted by atomic mass is 35.5. The van der Waals surface area contributed by atoms with Gasteiger partial charge in [0.1, 0.15) is 6.04 Å². The number of guanidine groups is 1. The molecule has 2 atom stereocenters. The van der Waals surface area contributed by atoms with Crippen molar-refractivity contribution in [1.82, 2.24) is 10.6 Å². The van der Waals surface area contributed by atoms with E-state index in [0.29, 0.717) is 19.4 Å². The van der Waals surface area contributed by atoms with Crippen molar-refractivity contribution in [2.45, 2.75) is 37.8 Å². The number of nitrogens with two attached hydrogens (primary N) is 2. The molecule has 0 aliphatic heterocycles. The zero-order chi connectivity index (χ0) is 27.6. The SMILES string of the molecule is C[C@@H](NC(=O)[C@@H](CCCN=C(N)N)NC(=O)C(c1ccccc1)c1ccccc1)c1cccc2ccccc12.Cl. The van der Waals surface area contributed by atoms with Gasteiger partial charge in [-0.3, -0.25) is 14.6 Å². The molecule has 0 bridgehead atoms. The number of aliphatic imine (C=N–C) groups is 1. The van der Waals surface area contributed by atoms with E-state index in [2.05, 4.69) is 15.6 Å². The Morgan fingerprint density at radius 2 is 1.32 bits per heavy atom. The first-order chi connectivity index (χ1) is 18.9. The van der Waals surface area contributed by atoms with Crippen LogP contribution in [0.5, 0.6) is 0 Å². The van der Waals surface area contributed by atoms with Gasteiger partial charge in [0.15, 0.2) is 5.96 Å². The topological polar surface area (TPSA) is 123 Å². The maximum Gasteiger partial charge on any atom is 0.243 e. The number of nitrogens with one attached hydrogen (secondary N) is 2. The first-order valence-electron chi connectivity index (χ1n) is 13.2. The number of carbonyl (C=O) groups excluding carboxylic acids is 2. The van der Waals surface area contributed by atoms with E-state index >= 15 is 0 Å². The fourth-order valence-electron chi connectivity index (χ4n) is 4.83. The van der Waals surface area contributed by atoms with Crippen LogP contribution in [0.4, 0.5) is 0 Å². The van der Waals surface area contributed by atoms with Crippen molar-refractivity contribution >= 4 is 41.0 Å². The Kier molecular flexibility index (Phi) is 11.1. The van der Waals surface area contributed by atoms with Crippen LogP contribution in [0.2, 0.25) is 0 Å². The zero-order valence-corrected chi connectivity index (χ0v) is 23.3. The van der Waals surface area contributed by atoms with E-state index in [0.717, 1.165) is 27.5 Å². The summed E-state index contributed by atoms with van der Waals surface area (Å²) in [4.78, 5) is 31.4. The molecule has 40 heavy (non-hydrogen) atoms. The molecule has 6 N–H and O–H groups in total. The minimum absolute atomic E-state index is 0. The lowest BCUT2D eigenvalue weighted by molar-refractivity contribution is -0.129. The third kappa shape index (κ3) is 7.83. The Balaban J connectivity index is 0.00000441. The van der Waals surface area contributed by atoms with E-state index in [1.165, 1.54) is 0 Å². The van der Waals surface area contributed by atoms with Gasteiger partial charge in [0.05, 0.1) is 12.0 Å². The number of hydrogen-bond acceptors (Lipinski definition) is 3. The summed E-state index contributed by atoms with van der Waals surface area (Å²) in [6, 6.07) is 32.2. The Bertz CT molecular complexity index is 1380. The highest BCUT2D eigenvalue weighted by Crippen LogP contribution is 2.26. The number of hydrogen-bond donors (Lipinski definition) is 4. The number of carbonyl (C=O) groups is 2. The molecule has 0 aromatic heterocycles. The van der Waals surface area contributed by atoms with Crippen molar-refractivity contribution in [3.63, 3.8) is 0 Å². The zero-order valence-electron chi connectivity index (χ0n) is 22.5.